The van der Waals surface area contributed by atoms with Gasteiger partial charge in [-0.3, -0.25) is 9.69 Å². The normalized spacial score (nSPS) is 21.7. The number of carbonyl (C=O) groups excluding carboxylic acids is 1. The van der Waals surface area contributed by atoms with Crippen LogP contribution in [0.5, 0.6) is 0 Å². The summed E-state index contributed by atoms with van der Waals surface area (Å²) < 4.78 is 5.51. The van der Waals surface area contributed by atoms with Crippen LogP contribution < -0.4 is 0 Å². The number of carbonyl (C=O) groups is 1. The third-order valence-corrected chi connectivity index (χ3v) is 6.30. The van der Waals surface area contributed by atoms with Crippen LogP contribution in [0.4, 0.5) is 0 Å². The van der Waals surface area contributed by atoms with Crippen LogP contribution in [-0.4, -0.2) is 42.9 Å². The molecule has 1 amide bonds. The van der Waals surface area contributed by atoms with Gasteiger partial charge in [0, 0.05) is 20.5 Å². The fraction of sp³-hybridized carbons (Fsp3) is 0.500. The first-order valence-corrected chi connectivity index (χ1v) is 9.62. The highest BCUT2D eigenvalue weighted by atomic mass is 16.3. The van der Waals surface area contributed by atoms with Crippen LogP contribution in [0.1, 0.15) is 48.5 Å². The molecule has 0 radical (unpaired) electrons. The smallest absolute Gasteiger partial charge is 0.222 e. The van der Waals surface area contributed by atoms with E-state index in [-0.39, 0.29) is 11.3 Å². The summed E-state index contributed by atoms with van der Waals surface area (Å²) in [6.45, 7) is 3.07. The summed E-state index contributed by atoms with van der Waals surface area (Å²) in [6.07, 6.45) is 5.82. The molecule has 2 aliphatic rings. The molecular formula is C22H28N2O2. The molecule has 1 aliphatic carbocycles. The third-order valence-electron chi connectivity index (χ3n) is 6.30. The van der Waals surface area contributed by atoms with E-state index in [1.54, 1.807) is 11.2 Å². The fourth-order valence-electron chi connectivity index (χ4n) is 4.84. The second-order valence-corrected chi connectivity index (χ2v) is 8.12. The average Bonchev–Trinajstić information content (AvgIpc) is 3.25. The molecule has 1 aromatic heterocycles. The van der Waals surface area contributed by atoms with Crippen LogP contribution >= 0.6 is 0 Å². The monoisotopic (exact) mass is 352 g/mol. The van der Waals surface area contributed by atoms with Gasteiger partial charge in [0.05, 0.1) is 12.8 Å². The molecule has 0 saturated carbocycles. The standard InChI is InChI=1S/C22H28N2O2/c1-23(2)21(25)14-17-15-22(20-8-4-3-7-19(17)20)9-11-24(12-10-22)16-18-6-5-13-26-18/h3-8,13,17H,9-12,14-16H2,1-2H3/t17-/m0/s1. The third kappa shape index (κ3) is 3.18. The van der Waals surface area contributed by atoms with Crippen molar-refractivity contribution in [2.45, 2.75) is 43.6 Å². The summed E-state index contributed by atoms with van der Waals surface area (Å²) in [5.41, 5.74) is 3.14. The first-order chi connectivity index (χ1) is 12.6. The van der Waals surface area contributed by atoms with Crippen molar-refractivity contribution in [1.82, 2.24) is 9.80 Å². The lowest BCUT2D eigenvalue weighted by Gasteiger charge is -2.40. The van der Waals surface area contributed by atoms with E-state index in [0.717, 1.165) is 44.7 Å². The van der Waals surface area contributed by atoms with Gasteiger partial charge >= 0.3 is 0 Å². The minimum atomic E-state index is 0.233. The minimum absolute atomic E-state index is 0.233. The van der Waals surface area contributed by atoms with Gasteiger partial charge in [-0.15, -0.1) is 0 Å². The van der Waals surface area contributed by atoms with Gasteiger partial charge in [0.2, 0.25) is 5.91 Å². The van der Waals surface area contributed by atoms with E-state index in [2.05, 4.69) is 35.2 Å². The number of fused-ring (bicyclic) bond motifs is 2. The summed E-state index contributed by atoms with van der Waals surface area (Å²) in [6, 6.07) is 12.8. The minimum Gasteiger partial charge on any atom is -0.468 e. The van der Waals surface area contributed by atoms with Crippen LogP contribution in [0, 0.1) is 0 Å². The molecule has 138 valence electrons. The number of benzene rings is 1. The first kappa shape index (κ1) is 17.3. The zero-order valence-electron chi connectivity index (χ0n) is 15.8. The molecule has 4 rings (SSSR count). The molecule has 1 aromatic carbocycles. The Morgan fingerprint density at radius 3 is 2.65 bits per heavy atom. The average molecular weight is 352 g/mol. The largest absolute Gasteiger partial charge is 0.468 e. The number of hydrogen-bond acceptors (Lipinski definition) is 3. The number of furan rings is 1. The predicted molar refractivity (Wildman–Crippen MR) is 102 cm³/mol. The second kappa shape index (κ2) is 6.92. The lowest BCUT2D eigenvalue weighted by Crippen LogP contribution is -2.41. The lowest BCUT2D eigenvalue weighted by molar-refractivity contribution is -0.129. The number of nitrogens with zero attached hydrogens (tertiary/aromatic N) is 2. The highest BCUT2D eigenvalue weighted by molar-refractivity contribution is 5.77. The maximum absolute atomic E-state index is 12.3. The summed E-state index contributed by atoms with van der Waals surface area (Å²) >= 11 is 0. The Morgan fingerprint density at radius 1 is 1.19 bits per heavy atom. The maximum Gasteiger partial charge on any atom is 0.222 e. The Bertz CT molecular complexity index is 758. The SMILES string of the molecule is CN(C)C(=O)C[C@H]1CC2(CCN(Cc3ccco3)CC2)c2ccccc21. The first-order valence-electron chi connectivity index (χ1n) is 9.62. The summed E-state index contributed by atoms with van der Waals surface area (Å²) in [4.78, 5) is 16.5. The molecule has 0 bridgehead atoms. The van der Waals surface area contributed by atoms with Gasteiger partial charge in [0.25, 0.3) is 0 Å². The van der Waals surface area contributed by atoms with E-state index in [1.807, 2.05) is 20.2 Å². The van der Waals surface area contributed by atoms with E-state index in [0.29, 0.717) is 12.3 Å². The Balaban J connectivity index is 1.49. The summed E-state index contributed by atoms with van der Waals surface area (Å²) in [5, 5.41) is 0. The van der Waals surface area contributed by atoms with Crippen molar-refractivity contribution in [2.24, 2.45) is 0 Å². The molecule has 2 aromatic rings. The molecule has 1 spiro atoms. The van der Waals surface area contributed by atoms with Gasteiger partial charge in [0.1, 0.15) is 5.76 Å². The molecule has 4 heteroatoms. The van der Waals surface area contributed by atoms with Gasteiger partial charge in [-0.25, -0.2) is 0 Å². The molecule has 0 N–H and O–H groups in total. The Labute approximate surface area is 155 Å². The van der Waals surface area contributed by atoms with Crippen LogP contribution in [0.2, 0.25) is 0 Å². The van der Waals surface area contributed by atoms with Crippen LogP contribution in [0.25, 0.3) is 0 Å². The molecule has 2 heterocycles. The van der Waals surface area contributed by atoms with Crippen LogP contribution in [-0.2, 0) is 16.8 Å². The number of rotatable bonds is 4. The zero-order valence-corrected chi connectivity index (χ0v) is 15.8. The molecule has 4 nitrogen and oxygen atoms in total. The van der Waals surface area contributed by atoms with E-state index in [9.17, 15) is 4.79 Å². The molecule has 1 saturated heterocycles. The van der Waals surface area contributed by atoms with E-state index >= 15 is 0 Å². The molecule has 26 heavy (non-hydrogen) atoms. The highest BCUT2D eigenvalue weighted by Gasteiger charge is 2.45. The van der Waals surface area contributed by atoms with E-state index in [4.69, 9.17) is 4.42 Å². The number of hydrogen-bond donors (Lipinski definition) is 0. The fourth-order valence-corrected chi connectivity index (χ4v) is 4.84. The summed E-state index contributed by atoms with van der Waals surface area (Å²) in [5.74, 6) is 1.64. The Hall–Kier alpha value is -2.07. The maximum atomic E-state index is 12.3. The number of amides is 1. The van der Waals surface area contributed by atoms with Crippen molar-refractivity contribution >= 4 is 5.91 Å². The highest BCUT2D eigenvalue weighted by Crippen LogP contribution is 2.52. The predicted octanol–water partition coefficient (Wildman–Crippen LogP) is 3.78. The number of likely N-dealkylation sites (tertiary alicyclic amines) is 1. The van der Waals surface area contributed by atoms with Crippen molar-refractivity contribution in [3.05, 3.63) is 59.5 Å². The van der Waals surface area contributed by atoms with Crippen molar-refractivity contribution in [2.75, 3.05) is 27.2 Å². The van der Waals surface area contributed by atoms with Gasteiger partial charge in [-0.05, 0) is 66.9 Å². The zero-order chi connectivity index (χ0) is 18.1. The quantitative estimate of drug-likeness (QED) is 0.840. The van der Waals surface area contributed by atoms with Crippen molar-refractivity contribution in [1.29, 1.82) is 0 Å². The lowest BCUT2D eigenvalue weighted by atomic mass is 9.73. The van der Waals surface area contributed by atoms with E-state index in [1.165, 1.54) is 11.1 Å². The molecular weight excluding hydrogens is 324 g/mol. The van der Waals surface area contributed by atoms with Crippen LogP contribution in [0.15, 0.2) is 47.1 Å². The van der Waals surface area contributed by atoms with E-state index < -0.39 is 0 Å². The number of piperidine rings is 1. The van der Waals surface area contributed by atoms with Gasteiger partial charge in [-0.1, -0.05) is 24.3 Å². The Morgan fingerprint density at radius 2 is 1.96 bits per heavy atom. The van der Waals surface area contributed by atoms with Crippen molar-refractivity contribution < 1.29 is 9.21 Å². The topological polar surface area (TPSA) is 36.7 Å². The molecule has 0 unspecified atom stereocenters. The molecule has 1 aliphatic heterocycles. The van der Waals surface area contributed by atoms with Gasteiger partial charge in [-0.2, -0.15) is 0 Å². The molecule has 1 atom stereocenters. The van der Waals surface area contributed by atoms with Gasteiger partial charge in [0.15, 0.2) is 0 Å². The van der Waals surface area contributed by atoms with Crippen LogP contribution in [0.3, 0.4) is 0 Å². The molecule has 1 fully saturated rings. The Kier molecular flexibility index (Phi) is 4.62. The van der Waals surface area contributed by atoms with Crippen molar-refractivity contribution in [3.63, 3.8) is 0 Å². The van der Waals surface area contributed by atoms with Gasteiger partial charge < -0.3 is 9.32 Å². The second-order valence-electron chi connectivity index (χ2n) is 8.12. The summed E-state index contributed by atoms with van der Waals surface area (Å²) in [7, 11) is 3.71. The van der Waals surface area contributed by atoms with Crippen molar-refractivity contribution in [3.8, 4) is 0 Å².